The largest absolute Gasteiger partial charge is 0.488 e. The Balaban J connectivity index is 1.94. The number of anilines is 1. The molecular weight excluding hydrogens is 332 g/mol. The molecule has 0 aromatic heterocycles. The molecule has 4 rings (SSSR count). The van der Waals surface area contributed by atoms with Gasteiger partial charge in [-0.25, -0.2) is 4.39 Å². The zero-order valence-electron chi connectivity index (χ0n) is 14.6. The van der Waals surface area contributed by atoms with Crippen molar-refractivity contribution in [3.05, 3.63) is 58.9 Å². The predicted octanol–water partition coefficient (Wildman–Crippen LogP) is 2.24. The van der Waals surface area contributed by atoms with Crippen LogP contribution < -0.4 is 10.8 Å². The topological polar surface area (TPSA) is 69.6 Å². The number of hydrogen-bond donors (Lipinski definition) is 3. The van der Waals surface area contributed by atoms with Crippen LogP contribution in [0.5, 0.6) is 0 Å². The van der Waals surface area contributed by atoms with Gasteiger partial charge in [-0.3, -0.25) is 4.79 Å². The third kappa shape index (κ3) is 2.32. The summed E-state index contributed by atoms with van der Waals surface area (Å²) in [6.45, 7) is 1.68. The number of carbonyl (C=O) groups excluding carboxylic acids is 1. The van der Waals surface area contributed by atoms with Crippen molar-refractivity contribution in [3.8, 4) is 0 Å². The number of fused-ring (bicyclic) bond motifs is 1. The fourth-order valence-corrected chi connectivity index (χ4v) is 4.71. The van der Waals surface area contributed by atoms with E-state index in [2.05, 4.69) is 5.32 Å². The summed E-state index contributed by atoms with van der Waals surface area (Å²) < 4.78 is 14.1. The number of benzene rings is 2. The molecule has 1 amide bonds. The molecule has 0 radical (unpaired) electrons. The Kier molecular flexibility index (Phi) is 4.12. The molecule has 0 unspecified atom stereocenters. The SMILES string of the molecule is Cc1c(F)ccc2c1NC(=O)[C@]2(c1ccc(B(O)O)cc1)C1CCCC1. The third-order valence-electron chi connectivity index (χ3n) is 6.05. The summed E-state index contributed by atoms with van der Waals surface area (Å²) in [5.74, 6) is -0.311. The second kappa shape index (κ2) is 6.22. The first-order valence-electron chi connectivity index (χ1n) is 9.04. The molecular formula is C20H21BFNO3. The van der Waals surface area contributed by atoms with Crippen LogP contribution >= 0.6 is 0 Å². The first kappa shape index (κ1) is 17.2. The third-order valence-corrected chi connectivity index (χ3v) is 6.05. The molecule has 0 bridgehead atoms. The van der Waals surface area contributed by atoms with Crippen LogP contribution in [0.25, 0.3) is 0 Å². The molecule has 4 nitrogen and oxygen atoms in total. The number of carbonyl (C=O) groups is 1. The normalized spacial score (nSPS) is 22.4. The van der Waals surface area contributed by atoms with Crippen LogP contribution in [0.1, 0.15) is 42.4 Å². The molecule has 0 saturated heterocycles. The van der Waals surface area contributed by atoms with Gasteiger partial charge in [-0.1, -0.05) is 43.2 Å². The van der Waals surface area contributed by atoms with E-state index in [1.807, 2.05) is 0 Å². The molecule has 2 aromatic carbocycles. The molecule has 1 aliphatic heterocycles. The Hall–Kier alpha value is -2.18. The zero-order valence-corrected chi connectivity index (χ0v) is 14.6. The Bertz CT molecular complexity index is 862. The van der Waals surface area contributed by atoms with Crippen molar-refractivity contribution in [1.82, 2.24) is 0 Å². The lowest BCUT2D eigenvalue weighted by Gasteiger charge is -2.34. The van der Waals surface area contributed by atoms with Crippen molar-refractivity contribution in [1.29, 1.82) is 0 Å². The van der Waals surface area contributed by atoms with E-state index < -0.39 is 12.5 Å². The molecule has 1 aliphatic carbocycles. The Morgan fingerprint density at radius 1 is 1.12 bits per heavy atom. The van der Waals surface area contributed by atoms with E-state index in [1.54, 1.807) is 37.3 Å². The van der Waals surface area contributed by atoms with Gasteiger partial charge in [0.05, 0.1) is 5.69 Å². The molecule has 2 aromatic rings. The van der Waals surface area contributed by atoms with Crippen LogP contribution in [0.2, 0.25) is 0 Å². The fraction of sp³-hybridized carbons (Fsp3) is 0.350. The Morgan fingerprint density at radius 3 is 2.38 bits per heavy atom. The van der Waals surface area contributed by atoms with Crippen molar-refractivity contribution in [2.75, 3.05) is 5.32 Å². The van der Waals surface area contributed by atoms with Gasteiger partial charge >= 0.3 is 7.12 Å². The summed E-state index contributed by atoms with van der Waals surface area (Å²) in [5, 5.41) is 21.7. The second-order valence-corrected chi connectivity index (χ2v) is 7.33. The van der Waals surface area contributed by atoms with Crippen molar-refractivity contribution < 1.29 is 19.2 Å². The van der Waals surface area contributed by atoms with Gasteiger partial charge in [-0.2, -0.15) is 0 Å². The molecule has 1 fully saturated rings. The minimum absolute atomic E-state index is 0.120. The smallest absolute Gasteiger partial charge is 0.423 e. The molecule has 1 atom stereocenters. The van der Waals surface area contributed by atoms with Gasteiger partial charge in [-0.05, 0) is 48.3 Å². The van der Waals surface area contributed by atoms with Crippen LogP contribution in [0.15, 0.2) is 36.4 Å². The van der Waals surface area contributed by atoms with E-state index >= 15 is 0 Å². The first-order chi connectivity index (χ1) is 12.5. The maximum atomic E-state index is 14.1. The van der Waals surface area contributed by atoms with E-state index in [0.29, 0.717) is 16.7 Å². The van der Waals surface area contributed by atoms with Crippen LogP contribution in [-0.2, 0) is 10.2 Å². The van der Waals surface area contributed by atoms with Gasteiger partial charge in [0.15, 0.2) is 0 Å². The van der Waals surface area contributed by atoms with Crippen LogP contribution in [0.4, 0.5) is 10.1 Å². The average molecular weight is 353 g/mol. The van der Waals surface area contributed by atoms with Gasteiger partial charge in [0.25, 0.3) is 0 Å². The Morgan fingerprint density at radius 2 is 1.77 bits per heavy atom. The van der Waals surface area contributed by atoms with Gasteiger partial charge < -0.3 is 15.4 Å². The van der Waals surface area contributed by atoms with Crippen LogP contribution in [-0.4, -0.2) is 23.1 Å². The number of hydrogen-bond acceptors (Lipinski definition) is 3. The zero-order chi connectivity index (χ0) is 18.5. The molecule has 2 aliphatic rings. The standard InChI is InChI=1S/C20H21BFNO3/c1-12-17(22)11-10-16-18(12)23-19(24)20(16,13-4-2-3-5-13)14-6-8-15(9-7-14)21(25)26/h6-11,13,25-26H,2-5H2,1H3,(H,23,24)/t20-/m0/s1. The lowest BCUT2D eigenvalue weighted by molar-refractivity contribution is -0.121. The maximum Gasteiger partial charge on any atom is 0.488 e. The van der Waals surface area contributed by atoms with Gasteiger partial charge in [0, 0.05) is 5.56 Å². The van der Waals surface area contributed by atoms with Crippen molar-refractivity contribution in [2.24, 2.45) is 5.92 Å². The van der Waals surface area contributed by atoms with Crippen LogP contribution in [0.3, 0.4) is 0 Å². The number of rotatable bonds is 3. The quantitative estimate of drug-likeness (QED) is 0.742. The highest BCUT2D eigenvalue weighted by Gasteiger charge is 2.54. The summed E-state index contributed by atoms with van der Waals surface area (Å²) in [4.78, 5) is 13.3. The summed E-state index contributed by atoms with van der Waals surface area (Å²) in [5.41, 5.74) is 2.20. The van der Waals surface area contributed by atoms with E-state index in [4.69, 9.17) is 0 Å². The lowest BCUT2D eigenvalue weighted by atomic mass is 9.65. The first-order valence-corrected chi connectivity index (χ1v) is 9.04. The lowest BCUT2D eigenvalue weighted by Crippen LogP contribution is -2.42. The second-order valence-electron chi connectivity index (χ2n) is 7.33. The summed E-state index contributed by atoms with van der Waals surface area (Å²) in [6, 6.07) is 10.0. The Labute approximate surface area is 152 Å². The van der Waals surface area contributed by atoms with E-state index in [9.17, 15) is 19.2 Å². The van der Waals surface area contributed by atoms with Crippen molar-refractivity contribution in [2.45, 2.75) is 38.0 Å². The predicted molar refractivity (Wildman–Crippen MR) is 98.8 cm³/mol. The number of halogens is 1. The molecule has 0 spiro atoms. The highest BCUT2D eigenvalue weighted by Crippen LogP contribution is 2.53. The van der Waals surface area contributed by atoms with Crippen LogP contribution in [0, 0.1) is 18.7 Å². The molecule has 6 heteroatoms. The van der Waals surface area contributed by atoms with Gasteiger partial charge in [0.2, 0.25) is 5.91 Å². The van der Waals surface area contributed by atoms with Gasteiger partial charge in [-0.15, -0.1) is 0 Å². The molecule has 3 N–H and O–H groups in total. The summed E-state index contributed by atoms with van der Waals surface area (Å²) >= 11 is 0. The summed E-state index contributed by atoms with van der Waals surface area (Å²) in [7, 11) is -1.55. The number of nitrogens with one attached hydrogen (secondary N) is 1. The minimum atomic E-state index is -1.55. The van der Waals surface area contributed by atoms with E-state index in [1.165, 1.54) is 6.07 Å². The maximum absolute atomic E-state index is 14.1. The van der Waals surface area contributed by atoms with Gasteiger partial charge in [0.1, 0.15) is 11.2 Å². The molecule has 1 heterocycles. The number of amides is 1. The average Bonchev–Trinajstić information content (AvgIpc) is 3.25. The molecule has 1 saturated carbocycles. The minimum Gasteiger partial charge on any atom is -0.423 e. The fourth-order valence-electron chi connectivity index (χ4n) is 4.71. The molecule has 26 heavy (non-hydrogen) atoms. The van der Waals surface area contributed by atoms with Crippen molar-refractivity contribution in [3.63, 3.8) is 0 Å². The highest BCUT2D eigenvalue weighted by molar-refractivity contribution is 6.58. The molecule has 134 valence electrons. The van der Waals surface area contributed by atoms with E-state index in [-0.39, 0.29) is 17.6 Å². The van der Waals surface area contributed by atoms with E-state index in [0.717, 1.165) is 36.8 Å². The highest BCUT2D eigenvalue weighted by atomic mass is 19.1. The monoisotopic (exact) mass is 353 g/mol. The summed E-state index contributed by atoms with van der Waals surface area (Å²) in [6.07, 6.45) is 4.02. The van der Waals surface area contributed by atoms with Crippen molar-refractivity contribution >= 4 is 24.2 Å².